The molecule has 6 heteroatoms. The number of likely N-dealkylation sites (tertiary alicyclic amines) is 1. The fourth-order valence-electron chi connectivity index (χ4n) is 1.52. The second-order valence-corrected chi connectivity index (χ2v) is 3.38. The monoisotopic (exact) mass is 207 g/mol. The van der Waals surface area contributed by atoms with Crippen LogP contribution in [0.4, 0.5) is 8.78 Å². The molecular weight excluding hydrogens is 196 g/mol. The van der Waals surface area contributed by atoms with Gasteiger partial charge in [0.15, 0.2) is 0 Å². The normalized spacial score (nSPS) is 22.5. The van der Waals surface area contributed by atoms with Gasteiger partial charge in [-0.3, -0.25) is 4.79 Å². The molecule has 0 aromatic carbocycles. The highest BCUT2D eigenvalue weighted by Gasteiger charge is 2.43. The fourth-order valence-corrected chi connectivity index (χ4v) is 1.52. The van der Waals surface area contributed by atoms with Gasteiger partial charge < -0.3 is 10.0 Å². The summed E-state index contributed by atoms with van der Waals surface area (Å²) in [5.41, 5.74) is 0. The molecule has 0 aliphatic carbocycles. The van der Waals surface area contributed by atoms with E-state index in [0.717, 1.165) is 4.90 Å². The Balaban J connectivity index is 2.77. The fraction of sp³-hybridized carbons (Fsp3) is 0.750. The Morgan fingerprint density at radius 3 is 2.50 bits per heavy atom. The molecule has 1 N–H and O–H groups in total. The third-order valence-corrected chi connectivity index (χ3v) is 2.17. The van der Waals surface area contributed by atoms with E-state index in [-0.39, 0.29) is 13.0 Å². The summed E-state index contributed by atoms with van der Waals surface area (Å²) in [6, 6.07) is -1.09. The van der Waals surface area contributed by atoms with E-state index in [2.05, 4.69) is 0 Å². The van der Waals surface area contributed by atoms with Gasteiger partial charge in [0.25, 0.3) is 5.91 Å². The van der Waals surface area contributed by atoms with Crippen LogP contribution in [-0.2, 0) is 9.59 Å². The van der Waals surface area contributed by atoms with Crippen molar-refractivity contribution in [2.75, 3.05) is 6.54 Å². The van der Waals surface area contributed by atoms with Gasteiger partial charge >= 0.3 is 11.9 Å². The minimum atomic E-state index is -3.49. The van der Waals surface area contributed by atoms with Gasteiger partial charge in [0.1, 0.15) is 6.04 Å². The molecule has 1 aliphatic rings. The Morgan fingerprint density at radius 1 is 1.50 bits per heavy atom. The quantitative estimate of drug-likeness (QED) is 0.725. The van der Waals surface area contributed by atoms with Gasteiger partial charge in [-0.05, 0) is 12.8 Å². The molecule has 1 aliphatic heterocycles. The minimum Gasteiger partial charge on any atom is -0.480 e. The van der Waals surface area contributed by atoms with Crippen LogP contribution in [0.15, 0.2) is 0 Å². The van der Waals surface area contributed by atoms with E-state index in [1.54, 1.807) is 0 Å². The number of hydrogen-bond donors (Lipinski definition) is 1. The number of nitrogens with zero attached hydrogens (tertiary/aromatic N) is 1. The average Bonchev–Trinajstić information content (AvgIpc) is 2.48. The smallest absolute Gasteiger partial charge is 0.326 e. The highest BCUT2D eigenvalue weighted by atomic mass is 19.3. The molecule has 0 aromatic heterocycles. The summed E-state index contributed by atoms with van der Waals surface area (Å²) in [6.07, 6.45) is 0.704. The lowest BCUT2D eigenvalue weighted by Crippen LogP contribution is -2.47. The molecule has 0 spiro atoms. The summed E-state index contributed by atoms with van der Waals surface area (Å²) >= 11 is 0. The van der Waals surface area contributed by atoms with Crippen LogP contribution >= 0.6 is 0 Å². The molecule has 1 fully saturated rings. The number of carbonyl (C=O) groups is 2. The van der Waals surface area contributed by atoms with E-state index in [4.69, 9.17) is 5.11 Å². The molecule has 1 saturated heterocycles. The molecule has 1 amide bonds. The van der Waals surface area contributed by atoms with Crippen molar-refractivity contribution in [3.8, 4) is 0 Å². The summed E-state index contributed by atoms with van der Waals surface area (Å²) in [5.74, 6) is -6.11. The van der Waals surface area contributed by atoms with E-state index >= 15 is 0 Å². The number of carboxylic acid groups (broad SMARTS) is 1. The topological polar surface area (TPSA) is 57.6 Å². The zero-order valence-corrected chi connectivity index (χ0v) is 7.67. The van der Waals surface area contributed by atoms with Gasteiger partial charge in [-0.1, -0.05) is 0 Å². The van der Waals surface area contributed by atoms with E-state index in [1.807, 2.05) is 0 Å². The summed E-state index contributed by atoms with van der Waals surface area (Å²) < 4.78 is 25.2. The highest BCUT2D eigenvalue weighted by Crippen LogP contribution is 2.24. The van der Waals surface area contributed by atoms with Crippen molar-refractivity contribution in [2.24, 2.45) is 0 Å². The lowest BCUT2D eigenvalue weighted by Gasteiger charge is -2.24. The number of carboxylic acids is 1. The van der Waals surface area contributed by atoms with Gasteiger partial charge in [0.2, 0.25) is 0 Å². The Labute approximate surface area is 79.5 Å². The van der Waals surface area contributed by atoms with Crippen LogP contribution in [0.5, 0.6) is 0 Å². The van der Waals surface area contributed by atoms with E-state index in [9.17, 15) is 18.4 Å². The lowest BCUT2D eigenvalue weighted by atomic mass is 10.2. The predicted molar refractivity (Wildman–Crippen MR) is 43.0 cm³/mol. The van der Waals surface area contributed by atoms with Crippen LogP contribution in [0.3, 0.4) is 0 Å². The van der Waals surface area contributed by atoms with Crippen LogP contribution in [0.1, 0.15) is 19.8 Å². The summed E-state index contributed by atoms with van der Waals surface area (Å²) in [7, 11) is 0. The van der Waals surface area contributed by atoms with Crippen molar-refractivity contribution >= 4 is 11.9 Å². The zero-order valence-electron chi connectivity index (χ0n) is 7.67. The first-order valence-electron chi connectivity index (χ1n) is 4.25. The number of halogens is 2. The van der Waals surface area contributed by atoms with E-state index in [1.165, 1.54) is 0 Å². The maximum absolute atomic E-state index is 12.6. The molecule has 14 heavy (non-hydrogen) atoms. The molecule has 80 valence electrons. The SMILES string of the molecule is CC(F)(F)C(=O)N1CCCC1C(=O)O. The molecule has 4 nitrogen and oxygen atoms in total. The second kappa shape index (κ2) is 3.51. The third kappa shape index (κ3) is 2.00. The van der Waals surface area contributed by atoms with E-state index < -0.39 is 23.8 Å². The predicted octanol–water partition coefficient (Wildman–Crippen LogP) is 0.717. The summed E-state index contributed by atoms with van der Waals surface area (Å²) in [5, 5.41) is 8.66. The van der Waals surface area contributed by atoms with Gasteiger partial charge in [0.05, 0.1) is 0 Å². The Kier molecular flexibility index (Phi) is 2.73. The highest BCUT2D eigenvalue weighted by molar-refractivity contribution is 5.88. The van der Waals surface area contributed by atoms with Crippen LogP contribution in [-0.4, -0.2) is 40.4 Å². The van der Waals surface area contributed by atoms with Crippen molar-refractivity contribution in [2.45, 2.75) is 31.7 Å². The van der Waals surface area contributed by atoms with Gasteiger partial charge in [-0.15, -0.1) is 0 Å². The van der Waals surface area contributed by atoms with Crippen LogP contribution in [0.2, 0.25) is 0 Å². The second-order valence-electron chi connectivity index (χ2n) is 3.38. The van der Waals surface area contributed by atoms with Gasteiger partial charge in [-0.25, -0.2) is 4.79 Å². The molecule has 1 rings (SSSR count). The molecule has 0 radical (unpaired) electrons. The van der Waals surface area contributed by atoms with Crippen molar-refractivity contribution in [3.63, 3.8) is 0 Å². The van der Waals surface area contributed by atoms with Crippen molar-refractivity contribution in [1.82, 2.24) is 4.90 Å². The Hall–Kier alpha value is -1.20. The standard InChI is InChI=1S/C8H11F2NO3/c1-8(9,10)7(14)11-4-2-3-5(11)6(12)13/h5H,2-4H2,1H3,(H,12,13). The first-order valence-corrected chi connectivity index (χ1v) is 4.25. The average molecular weight is 207 g/mol. The molecular formula is C8H11F2NO3. The number of rotatable bonds is 2. The minimum absolute atomic E-state index is 0.0965. The van der Waals surface area contributed by atoms with Crippen molar-refractivity contribution in [3.05, 3.63) is 0 Å². The first-order chi connectivity index (χ1) is 6.34. The summed E-state index contributed by atoms with van der Waals surface area (Å²) in [4.78, 5) is 22.4. The molecule has 0 saturated carbocycles. The Morgan fingerprint density at radius 2 is 2.07 bits per heavy atom. The van der Waals surface area contributed by atoms with Crippen LogP contribution < -0.4 is 0 Å². The summed E-state index contributed by atoms with van der Waals surface area (Å²) in [6.45, 7) is 0.575. The molecule has 1 atom stereocenters. The molecule has 1 unspecified atom stereocenters. The van der Waals surface area contributed by atoms with Crippen LogP contribution in [0.25, 0.3) is 0 Å². The maximum Gasteiger partial charge on any atom is 0.326 e. The number of aliphatic carboxylic acids is 1. The largest absolute Gasteiger partial charge is 0.480 e. The van der Waals surface area contributed by atoms with Gasteiger partial charge in [-0.2, -0.15) is 8.78 Å². The number of carbonyl (C=O) groups excluding carboxylic acids is 1. The van der Waals surface area contributed by atoms with Crippen LogP contribution in [0, 0.1) is 0 Å². The van der Waals surface area contributed by atoms with E-state index in [0.29, 0.717) is 13.3 Å². The molecule has 0 bridgehead atoms. The molecule has 1 heterocycles. The van der Waals surface area contributed by atoms with Crippen molar-refractivity contribution in [1.29, 1.82) is 0 Å². The van der Waals surface area contributed by atoms with Crippen molar-refractivity contribution < 1.29 is 23.5 Å². The number of amides is 1. The maximum atomic E-state index is 12.6. The number of alkyl halides is 2. The zero-order chi connectivity index (χ0) is 10.9. The lowest BCUT2D eigenvalue weighted by molar-refractivity contribution is -0.161. The first kappa shape index (κ1) is 10.9. The van der Waals surface area contributed by atoms with Gasteiger partial charge in [0, 0.05) is 13.5 Å². The third-order valence-electron chi connectivity index (χ3n) is 2.17. The number of hydrogen-bond acceptors (Lipinski definition) is 2. The Bertz CT molecular complexity index is 262. The molecule has 0 aromatic rings.